The van der Waals surface area contributed by atoms with Crippen molar-refractivity contribution in [2.24, 2.45) is 5.73 Å². The number of hydrogen-bond donors (Lipinski definition) is 1. The molecule has 0 unspecified atom stereocenters. The van der Waals surface area contributed by atoms with Crippen LogP contribution >= 0.6 is 12.4 Å². The van der Waals surface area contributed by atoms with Crippen LogP contribution in [0.2, 0.25) is 0 Å². The summed E-state index contributed by atoms with van der Waals surface area (Å²) in [6.45, 7) is 13.2. The van der Waals surface area contributed by atoms with Crippen molar-refractivity contribution < 1.29 is 9.47 Å². The predicted octanol–water partition coefficient (Wildman–Crippen LogP) is 6.71. The van der Waals surface area contributed by atoms with E-state index in [2.05, 4.69) is 46.8 Å². The third-order valence-electron chi connectivity index (χ3n) is 4.86. The first-order valence-corrected chi connectivity index (χ1v) is 10.2. The summed E-state index contributed by atoms with van der Waals surface area (Å²) in [6, 6.07) is 10.4. The number of nitrogens with two attached hydrogens (primary N) is 1. The smallest absolute Gasteiger partial charge is 0.172 e. The van der Waals surface area contributed by atoms with Crippen molar-refractivity contribution in [1.82, 2.24) is 0 Å². The van der Waals surface area contributed by atoms with Crippen LogP contribution in [-0.4, -0.2) is 6.61 Å². The first kappa shape index (κ1) is 24.3. The molecule has 0 heterocycles. The van der Waals surface area contributed by atoms with Crippen LogP contribution in [0.15, 0.2) is 30.3 Å². The van der Waals surface area contributed by atoms with E-state index in [0.29, 0.717) is 6.61 Å². The molecule has 0 radical (unpaired) electrons. The fourth-order valence-corrected chi connectivity index (χ4v) is 3.40. The molecule has 0 fully saturated rings. The lowest BCUT2D eigenvalue weighted by Gasteiger charge is -2.28. The molecule has 0 saturated carbocycles. The molecular weight excluding hydrogens is 370 g/mol. The number of hydrogen-bond acceptors (Lipinski definition) is 3. The van der Waals surface area contributed by atoms with E-state index in [1.54, 1.807) is 0 Å². The van der Waals surface area contributed by atoms with Crippen molar-refractivity contribution in [3.63, 3.8) is 0 Å². The second-order valence-electron chi connectivity index (χ2n) is 7.70. The van der Waals surface area contributed by atoms with Crippen molar-refractivity contribution >= 4 is 12.4 Å². The number of halogens is 1. The largest absolute Gasteiger partial charge is 0.490 e. The zero-order chi connectivity index (χ0) is 20.0. The van der Waals surface area contributed by atoms with Gasteiger partial charge < -0.3 is 15.2 Å². The molecule has 2 aromatic carbocycles. The first-order chi connectivity index (χ1) is 12.8. The van der Waals surface area contributed by atoms with Gasteiger partial charge in [0.15, 0.2) is 11.5 Å². The Labute approximate surface area is 177 Å². The predicted molar refractivity (Wildman–Crippen MR) is 121 cm³/mol. The van der Waals surface area contributed by atoms with Gasteiger partial charge in [-0.1, -0.05) is 38.5 Å². The molecular formula is C24H36ClNO2. The van der Waals surface area contributed by atoms with E-state index >= 15 is 0 Å². The Kier molecular flexibility index (Phi) is 9.32. The molecule has 0 aliphatic carbocycles. The van der Waals surface area contributed by atoms with Crippen LogP contribution in [0, 0.1) is 6.92 Å². The molecule has 2 aromatic rings. The molecule has 28 heavy (non-hydrogen) atoms. The maximum absolute atomic E-state index is 6.53. The molecule has 2 rings (SSSR count). The molecule has 0 atom stereocenters. The molecule has 0 aliphatic rings. The van der Waals surface area contributed by atoms with Gasteiger partial charge in [-0.25, -0.2) is 0 Å². The average Bonchev–Trinajstić information content (AvgIpc) is 2.62. The number of aryl methyl sites for hydroxylation is 2. The highest BCUT2D eigenvalue weighted by atomic mass is 35.5. The first-order valence-electron chi connectivity index (χ1n) is 10.2. The van der Waals surface area contributed by atoms with E-state index in [-0.39, 0.29) is 12.4 Å². The van der Waals surface area contributed by atoms with Gasteiger partial charge in [-0.05, 0) is 75.8 Å². The Bertz CT molecular complexity index is 766. The molecule has 3 nitrogen and oxygen atoms in total. The van der Waals surface area contributed by atoms with Crippen molar-refractivity contribution in [2.75, 3.05) is 6.61 Å². The lowest BCUT2D eigenvalue weighted by Crippen LogP contribution is -2.30. The van der Waals surface area contributed by atoms with Crippen molar-refractivity contribution in [2.45, 2.75) is 72.8 Å². The van der Waals surface area contributed by atoms with Crippen LogP contribution in [0.5, 0.6) is 17.2 Å². The molecule has 0 bridgehead atoms. The van der Waals surface area contributed by atoms with Crippen LogP contribution in [0.4, 0.5) is 0 Å². The molecule has 0 spiro atoms. The summed E-state index contributed by atoms with van der Waals surface area (Å²) in [5.74, 6) is 2.58. The number of para-hydroxylation sites is 1. The molecule has 0 aromatic heterocycles. The average molecular weight is 406 g/mol. The Balaban J connectivity index is 0.00000392. The van der Waals surface area contributed by atoms with Gasteiger partial charge in [-0.15, -0.1) is 12.4 Å². The van der Waals surface area contributed by atoms with Crippen LogP contribution in [-0.2, 0) is 18.4 Å². The maximum Gasteiger partial charge on any atom is 0.172 e. The van der Waals surface area contributed by atoms with Gasteiger partial charge >= 0.3 is 0 Å². The topological polar surface area (TPSA) is 44.5 Å². The van der Waals surface area contributed by atoms with Gasteiger partial charge in [0, 0.05) is 11.1 Å². The Morgan fingerprint density at radius 3 is 2.25 bits per heavy atom. The third-order valence-corrected chi connectivity index (χ3v) is 4.86. The normalized spacial score (nSPS) is 11.1. The Hall–Kier alpha value is -1.71. The summed E-state index contributed by atoms with van der Waals surface area (Å²) in [7, 11) is 0. The second kappa shape index (κ2) is 10.7. The van der Waals surface area contributed by atoms with E-state index in [1.165, 1.54) is 5.56 Å². The van der Waals surface area contributed by atoms with Crippen molar-refractivity contribution in [3.8, 4) is 17.2 Å². The van der Waals surface area contributed by atoms with Gasteiger partial charge in [0.1, 0.15) is 5.75 Å². The van der Waals surface area contributed by atoms with Gasteiger partial charge in [0.25, 0.3) is 0 Å². The summed E-state index contributed by atoms with van der Waals surface area (Å²) in [6.07, 6.45) is 4.03. The summed E-state index contributed by atoms with van der Waals surface area (Å²) in [5.41, 5.74) is 10.7. The van der Waals surface area contributed by atoms with Gasteiger partial charge in [-0.2, -0.15) is 0 Å². The highest BCUT2D eigenvalue weighted by Gasteiger charge is 2.26. The molecule has 0 amide bonds. The Morgan fingerprint density at radius 1 is 1.04 bits per heavy atom. The van der Waals surface area contributed by atoms with Crippen LogP contribution in [0.25, 0.3) is 0 Å². The molecule has 4 heteroatoms. The van der Waals surface area contributed by atoms with E-state index < -0.39 is 5.54 Å². The van der Waals surface area contributed by atoms with Gasteiger partial charge in [0.2, 0.25) is 0 Å². The minimum absolute atomic E-state index is 0. The van der Waals surface area contributed by atoms with E-state index in [1.807, 2.05) is 25.1 Å². The third kappa shape index (κ3) is 5.65. The van der Waals surface area contributed by atoms with Crippen molar-refractivity contribution in [3.05, 3.63) is 52.6 Å². The highest BCUT2D eigenvalue weighted by Crippen LogP contribution is 2.44. The standard InChI is InChI=1S/C24H35NO2.ClH/c1-7-10-14-18-16-20(24(5,6)25)19(8-2)23(26-9-3)22(18)27-21-15-12-11-13-17(21)4;/h11-13,15-16H,7-10,14,25H2,1-6H3;1H. The number of benzene rings is 2. The monoisotopic (exact) mass is 405 g/mol. The summed E-state index contributed by atoms with van der Waals surface area (Å²) in [5, 5.41) is 0. The summed E-state index contributed by atoms with van der Waals surface area (Å²) in [4.78, 5) is 0. The van der Waals surface area contributed by atoms with E-state index in [0.717, 1.165) is 59.6 Å². The number of unbranched alkanes of at least 4 members (excludes halogenated alkanes) is 1. The molecule has 0 saturated heterocycles. The second-order valence-corrected chi connectivity index (χ2v) is 7.70. The maximum atomic E-state index is 6.53. The number of rotatable bonds is 9. The molecule has 0 aliphatic heterocycles. The van der Waals surface area contributed by atoms with Crippen molar-refractivity contribution in [1.29, 1.82) is 0 Å². The lowest BCUT2D eigenvalue weighted by molar-refractivity contribution is 0.314. The Morgan fingerprint density at radius 2 is 1.71 bits per heavy atom. The summed E-state index contributed by atoms with van der Waals surface area (Å²) >= 11 is 0. The van der Waals surface area contributed by atoms with Gasteiger partial charge in [0.05, 0.1) is 6.61 Å². The van der Waals surface area contributed by atoms with E-state index in [4.69, 9.17) is 15.2 Å². The minimum Gasteiger partial charge on any atom is -0.490 e. The SMILES string of the molecule is CCCCc1cc(C(C)(C)N)c(CC)c(OCC)c1Oc1ccccc1C.Cl. The fourth-order valence-electron chi connectivity index (χ4n) is 3.40. The minimum atomic E-state index is -0.431. The zero-order valence-corrected chi connectivity index (χ0v) is 19.0. The lowest BCUT2D eigenvalue weighted by atomic mass is 9.86. The summed E-state index contributed by atoms with van der Waals surface area (Å²) < 4.78 is 12.6. The molecule has 2 N–H and O–H groups in total. The van der Waals surface area contributed by atoms with Crippen LogP contribution in [0.3, 0.4) is 0 Å². The van der Waals surface area contributed by atoms with E-state index in [9.17, 15) is 0 Å². The zero-order valence-electron chi connectivity index (χ0n) is 18.2. The van der Waals surface area contributed by atoms with Crippen LogP contribution in [0.1, 0.15) is 69.7 Å². The number of ether oxygens (including phenoxy) is 2. The highest BCUT2D eigenvalue weighted by molar-refractivity contribution is 5.85. The van der Waals surface area contributed by atoms with Crippen LogP contribution < -0.4 is 15.2 Å². The van der Waals surface area contributed by atoms with Gasteiger partial charge in [-0.3, -0.25) is 0 Å². The molecule has 156 valence electrons. The fraction of sp³-hybridized carbons (Fsp3) is 0.500. The quantitative estimate of drug-likeness (QED) is 0.504.